The number of hydrogen-bond donors (Lipinski definition) is 4. The number of aliphatic hydroxyl groups is 1. The van der Waals surface area contributed by atoms with Crippen molar-refractivity contribution in [2.45, 2.75) is 70.7 Å². The number of carbonyl (C=O) groups is 2. The van der Waals surface area contributed by atoms with Gasteiger partial charge < -0.3 is 21.9 Å². The van der Waals surface area contributed by atoms with E-state index in [0.29, 0.717) is 24.5 Å². The standard InChI is InChI=1S/C26H39N3O2S.C6H9NO/c1-20(2)18-29(32-25-14-12-23(27)13-15-25)24(19-30)10-6-7-17-28-26(31)16-11-22-9-5-4-8-21(22)3;1-3-4-5(2)6(7)8/h4-5,8-9,12-15,20,24,30H,6-7,10-11,16-19,27H2,1-3H3,(H,28,31);3-4H,1H2,2H3,(H2,7,8)/b;5-4+. The molecule has 1 atom stereocenters. The Morgan fingerprint density at radius 2 is 1.80 bits per heavy atom. The summed E-state index contributed by atoms with van der Waals surface area (Å²) >= 11 is 1.68. The second-order valence-corrected chi connectivity index (χ2v) is 11.3. The van der Waals surface area contributed by atoms with Crippen LogP contribution in [0.25, 0.3) is 0 Å². The summed E-state index contributed by atoms with van der Waals surface area (Å²) in [6.07, 6.45) is 7.16. The summed E-state index contributed by atoms with van der Waals surface area (Å²) in [5.41, 5.74) is 14.4. The zero-order valence-electron chi connectivity index (χ0n) is 24.6. The lowest BCUT2D eigenvalue weighted by Crippen LogP contribution is -2.35. The predicted octanol–water partition coefficient (Wildman–Crippen LogP) is 5.43. The lowest BCUT2D eigenvalue weighted by Gasteiger charge is -2.31. The molecule has 0 spiro atoms. The Balaban J connectivity index is 0.000000869. The number of rotatable bonds is 16. The molecule has 0 aromatic heterocycles. The Hall–Kier alpha value is -3.07. The molecule has 40 heavy (non-hydrogen) atoms. The van der Waals surface area contributed by atoms with Crippen LogP contribution in [-0.2, 0) is 16.0 Å². The van der Waals surface area contributed by atoms with Gasteiger partial charge in [0.1, 0.15) is 0 Å². The minimum absolute atomic E-state index is 0.0803. The highest BCUT2D eigenvalue weighted by atomic mass is 32.2. The zero-order valence-corrected chi connectivity index (χ0v) is 25.4. The average molecular weight is 569 g/mol. The molecule has 2 aromatic carbocycles. The van der Waals surface area contributed by atoms with Gasteiger partial charge in [-0.2, -0.15) is 0 Å². The van der Waals surface area contributed by atoms with E-state index in [2.05, 4.69) is 49.1 Å². The molecule has 2 rings (SSSR count). The molecule has 0 aliphatic rings. The highest BCUT2D eigenvalue weighted by molar-refractivity contribution is 7.97. The van der Waals surface area contributed by atoms with E-state index < -0.39 is 5.91 Å². The molecule has 0 fully saturated rings. The maximum Gasteiger partial charge on any atom is 0.244 e. The van der Waals surface area contributed by atoms with E-state index in [0.717, 1.165) is 42.8 Å². The number of aryl methyl sites for hydroxylation is 2. The molecule has 0 aliphatic carbocycles. The first kappa shape index (κ1) is 35.0. The highest BCUT2D eigenvalue weighted by Crippen LogP contribution is 2.28. The molecule has 8 heteroatoms. The van der Waals surface area contributed by atoms with Gasteiger partial charge in [-0.05, 0) is 86.4 Å². The van der Waals surface area contributed by atoms with Gasteiger partial charge in [-0.1, -0.05) is 63.3 Å². The van der Waals surface area contributed by atoms with Crippen LogP contribution in [0, 0.1) is 12.8 Å². The summed E-state index contributed by atoms with van der Waals surface area (Å²) < 4.78 is 2.29. The van der Waals surface area contributed by atoms with Crippen molar-refractivity contribution in [1.29, 1.82) is 0 Å². The first-order valence-corrected chi connectivity index (χ1v) is 14.7. The molecule has 1 unspecified atom stereocenters. The SMILES string of the molecule is C=C/C=C(\C)C(N)=O.Cc1ccccc1CCC(=O)NCCCCC(CO)N(CC(C)C)Sc1ccc(N)cc1. The van der Waals surface area contributed by atoms with Crippen LogP contribution in [0.1, 0.15) is 57.6 Å². The van der Waals surface area contributed by atoms with Crippen LogP contribution in [0.4, 0.5) is 5.69 Å². The number of hydrogen-bond acceptors (Lipinski definition) is 6. The van der Waals surface area contributed by atoms with E-state index >= 15 is 0 Å². The molecule has 0 heterocycles. The van der Waals surface area contributed by atoms with Crippen LogP contribution in [0.5, 0.6) is 0 Å². The maximum atomic E-state index is 12.2. The van der Waals surface area contributed by atoms with Crippen LogP contribution in [0.2, 0.25) is 0 Å². The first-order valence-electron chi connectivity index (χ1n) is 13.9. The lowest BCUT2D eigenvalue weighted by atomic mass is 10.0. The Labute approximate surface area is 245 Å². The third-order valence-electron chi connectivity index (χ3n) is 6.19. The fourth-order valence-electron chi connectivity index (χ4n) is 3.83. The monoisotopic (exact) mass is 568 g/mol. The van der Waals surface area contributed by atoms with E-state index in [1.54, 1.807) is 24.9 Å². The van der Waals surface area contributed by atoms with Gasteiger partial charge in [-0.15, -0.1) is 0 Å². The summed E-state index contributed by atoms with van der Waals surface area (Å²) in [6.45, 7) is 13.2. The van der Waals surface area contributed by atoms with Crippen molar-refractivity contribution in [2.24, 2.45) is 11.7 Å². The number of allylic oxidation sites excluding steroid dienone is 2. The summed E-state index contributed by atoms with van der Waals surface area (Å²) in [5.74, 6) is 0.204. The van der Waals surface area contributed by atoms with Crippen LogP contribution < -0.4 is 16.8 Å². The van der Waals surface area contributed by atoms with Crippen molar-refractivity contribution >= 4 is 29.4 Å². The van der Waals surface area contributed by atoms with Gasteiger partial charge in [0.2, 0.25) is 11.8 Å². The molecule has 6 N–H and O–H groups in total. The molecule has 220 valence electrons. The topological polar surface area (TPSA) is 122 Å². The number of anilines is 1. The second kappa shape index (κ2) is 19.9. The third kappa shape index (κ3) is 14.9. The number of nitrogen functional groups attached to an aromatic ring is 1. The van der Waals surface area contributed by atoms with Crippen molar-refractivity contribution in [1.82, 2.24) is 9.62 Å². The molecule has 7 nitrogen and oxygen atoms in total. The van der Waals surface area contributed by atoms with Crippen molar-refractivity contribution in [3.8, 4) is 0 Å². The molecule has 0 saturated carbocycles. The van der Waals surface area contributed by atoms with Gasteiger partial charge in [0.05, 0.1) is 6.61 Å². The van der Waals surface area contributed by atoms with Gasteiger partial charge in [0, 0.05) is 41.7 Å². The number of carbonyl (C=O) groups excluding carboxylic acids is 2. The summed E-state index contributed by atoms with van der Waals surface area (Å²) in [7, 11) is 0. The molecule has 0 saturated heterocycles. The Morgan fingerprint density at radius 3 is 2.35 bits per heavy atom. The van der Waals surface area contributed by atoms with E-state index in [4.69, 9.17) is 11.5 Å². The molecule has 2 amide bonds. The van der Waals surface area contributed by atoms with Crippen molar-refractivity contribution in [3.05, 3.63) is 84.0 Å². The summed E-state index contributed by atoms with van der Waals surface area (Å²) in [5, 5.41) is 13.1. The normalized spacial score (nSPS) is 12.0. The number of nitrogens with zero attached hydrogens (tertiary/aromatic N) is 1. The van der Waals surface area contributed by atoms with Crippen LogP contribution >= 0.6 is 11.9 Å². The number of nitrogens with two attached hydrogens (primary N) is 2. The molecule has 0 aliphatic heterocycles. The van der Waals surface area contributed by atoms with Crippen molar-refractivity contribution < 1.29 is 14.7 Å². The number of nitrogens with one attached hydrogen (secondary N) is 1. The molecule has 2 aromatic rings. The number of primary amides is 1. The number of aliphatic hydroxyl groups excluding tert-OH is 1. The minimum Gasteiger partial charge on any atom is -0.399 e. The fourth-order valence-corrected chi connectivity index (χ4v) is 5.05. The van der Waals surface area contributed by atoms with Crippen LogP contribution in [0.3, 0.4) is 0 Å². The predicted molar refractivity (Wildman–Crippen MR) is 169 cm³/mol. The largest absolute Gasteiger partial charge is 0.399 e. The Morgan fingerprint density at radius 1 is 1.12 bits per heavy atom. The number of amides is 2. The minimum atomic E-state index is -0.398. The molecule has 0 bridgehead atoms. The van der Waals surface area contributed by atoms with Crippen LogP contribution in [0.15, 0.2) is 77.7 Å². The van der Waals surface area contributed by atoms with Gasteiger partial charge in [0.15, 0.2) is 0 Å². The molecular formula is C32H48N4O3S. The molecular weight excluding hydrogens is 520 g/mol. The zero-order chi connectivity index (χ0) is 29.9. The van der Waals surface area contributed by atoms with E-state index in [9.17, 15) is 14.7 Å². The lowest BCUT2D eigenvalue weighted by molar-refractivity contribution is -0.121. The van der Waals surface area contributed by atoms with Gasteiger partial charge >= 0.3 is 0 Å². The maximum absolute atomic E-state index is 12.2. The molecule has 0 radical (unpaired) electrons. The fraction of sp³-hybridized carbons (Fsp3) is 0.438. The first-order chi connectivity index (χ1) is 19.1. The summed E-state index contributed by atoms with van der Waals surface area (Å²) in [6, 6.07) is 16.2. The quantitative estimate of drug-likeness (QED) is 0.0705. The second-order valence-electron chi connectivity index (χ2n) is 10.2. The summed E-state index contributed by atoms with van der Waals surface area (Å²) in [4.78, 5) is 23.5. The third-order valence-corrected chi connectivity index (χ3v) is 7.36. The number of unbranched alkanes of at least 4 members (excludes halogenated alkanes) is 1. The van der Waals surface area contributed by atoms with E-state index in [1.165, 1.54) is 17.2 Å². The van der Waals surface area contributed by atoms with Crippen molar-refractivity contribution in [2.75, 3.05) is 25.4 Å². The van der Waals surface area contributed by atoms with E-state index in [-0.39, 0.29) is 18.6 Å². The van der Waals surface area contributed by atoms with E-state index in [1.807, 2.05) is 36.4 Å². The average Bonchev–Trinajstić information content (AvgIpc) is 2.91. The van der Waals surface area contributed by atoms with Crippen LogP contribution in [-0.4, -0.2) is 47.0 Å². The smallest absolute Gasteiger partial charge is 0.244 e. The van der Waals surface area contributed by atoms with Crippen molar-refractivity contribution in [3.63, 3.8) is 0 Å². The number of benzene rings is 2. The Bertz CT molecular complexity index is 1070. The van der Waals surface area contributed by atoms with Gasteiger partial charge in [-0.25, -0.2) is 4.31 Å². The highest BCUT2D eigenvalue weighted by Gasteiger charge is 2.20. The van der Waals surface area contributed by atoms with Gasteiger partial charge in [-0.3, -0.25) is 9.59 Å². The van der Waals surface area contributed by atoms with Gasteiger partial charge in [0.25, 0.3) is 0 Å². The Kier molecular flexibility index (Phi) is 17.4.